The zero-order valence-electron chi connectivity index (χ0n) is 15.5. The molecule has 1 amide bonds. The molecule has 1 fully saturated rings. The summed E-state index contributed by atoms with van der Waals surface area (Å²) in [6.07, 6.45) is 5.04. The number of rotatable bonds is 5. The van der Waals surface area contributed by atoms with Crippen LogP contribution in [0.2, 0.25) is 0 Å². The average Bonchev–Trinajstić information content (AvgIpc) is 3.33. The monoisotopic (exact) mass is 353 g/mol. The molecule has 2 N–H and O–H groups in total. The summed E-state index contributed by atoms with van der Waals surface area (Å²) < 4.78 is 1.80. The van der Waals surface area contributed by atoms with Crippen LogP contribution in [-0.2, 0) is 24.9 Å². The van der Waals surface area contributed by atoms with E-state index in [4.69, 9.17) is 0 Å². The van der Waals surface area contributed by atoms with Crippen molar-refractivity contribution < 1.29 is 4.79 Å². The molecule has 0 radical (unpaired) electrons. The topological polar surface area (TPSA) is 62.2 Å². The van der Waals surface area contributed by atoms with Gasteiger partial charge in [0.1, 0.15) is 0 Å². The summed E-state index contributed by atoms with van der Waals surface area (Å²) in [6.45, 7) is 6.74. The third-order valence-electron chi connectivity index (χ3n) is 5.55. The molecule has 2 aliphatic heterocycles. The van der Waals surface area contributed by atoms with Crippen LogP contribution in [0.5, 0.6) is 0 Å². The van der Waals surface area contributed by atoms with Crippen LogP contribution in [0.3, 0.4) is 0 Å². The molecule has 0 saturated carbocycles. The Morgan fingerprint density at radius 3 is 3.00 bits per heavy atom. The molecule has 4 rings (SSSR count). The minimum absolute atomic E-state index is 0.0665. The highest BCUT2D eigenvalue weighted by atomic mass is 16.2. The maximum atomic E-state index is 13.0. The lowest BCUT2D eigenvalue weighted by molar-refractivity contribution is -0.119. The van der Waals surface area contributed by atoms with Gasteiger partial charge >= 0.3 is 0 Å². The van der Waals surface area contributed by atoms with Crippen molar-refractivity contribution in [2.75, 3.05) is 25.0 Å². The third-order valence-corrected chi connectivity index (χ3v) is 5.55. The second kappa shape index (κ2) is 7.21. The Bertz CT molecular complexity index is 799. The predicted octanol–water partition coefficient (Wildman–Crippen LogP) is 2.09. The fourth-order valence-electron chi connectivity index (χ4n) is 4.24. The number of carbonyl (C=O) groups is 1. The van der Waals surface area contributed by atoms with Gasteiger partial charge in [-0.05, 0) is 35.7 Å². The maximum Gasteiger partial charge on any atom is 0.229 e. The van der Waals surface area contributed by atoms with Gasteiger partial charge in [-0.25, -0.2) is 0 Å². The van der Waals surface area contributed by atoms with Crippen LogP contribution in [0.15, 0.2) is 30.6 Å². The highest BCUT2D eigenvalue weighted by molar-refractivity contribution is 5.94. The van der Waals surface area contributed by atoms with Crippen molar-refractivity contribution >= 4 is 11.6 Å². The molecule has 0 bridgehead atoms. The van der Waals surface area contributed by atoms with E-state index in [1.54, 1.807) is 4.68 Å². The van der Waals surface area contributed by atoms with Crippen LogP contribution in [0.25, 0.3) is 0 Å². The first-order valence-electron chi connectivity index (χ1n) is 9.49. The van der Waals surface area contributed by atoms with Gasteiger partial charge in [0.15, 0.2) is 0 Å². The summed E-state index contributed by atoms with van der Waals surface area (Å²) in [4.78, 5) is 15.5. The highest BCUT2D eigenvalue weighted by Crippen LogP contribution is 2.32. The number of hydrogen-bond donors (Lipinski definition) is 2. The van der Waals surface area contributed by atoms with Crippen molar-refractivity contribution in [3.63, 3.8) is 0 Å². The largest absolute Gasteiger partial charge is 0.325 e. The van der Waals surface area contributed by atoms with Gasteiger partial charge in [-0.1, -0.05) is 19.1 Å². The van der Waals surface area contributed by atoms with E-state index in [2.05, 4.69) is 39.7 Å². The van der Waals surface area contributed by atoms with E-state index in [-0.39, 0.29) is 17.7 Å². The third kappa shape index (κ3) is 3.27. The molecule has 2 atom stereocenters. The van der Waals surface area contributed by atoms with Crippen LogP contribution in [0, 0.1) is 5.92 Å². The van der Waals surface area contributed by atoms with Gasteiger partial charge in [0.05, 0.1) is 12.1 Å². The first-order chi connectivity index (χ1) is 12.7. The summed E-state index contributed by atoms with van der Waals surface area (Å²) in [5, 5.41) is 10.9. The quantitative estimate of drug-likeness (QED) is 0.864. The standard InChI is InChI=1S/C20H27N5O/c1-3-7-25-12-14-5-4-6-19(18(14)13-25)23-20(26)17-10-21-9-16(17)15-8-22-24(2)11-15/h4-6,8,11,16-17,21H,3,7,9-10,12-13H2,1-2H3,(H,23,26)/t16-,17+/m1/s1. The second-order valence-electron chi connectivity index (χ2n) is 7.46. The van der Waals surface area contributed by atoms with Crippen molar-refractivity contribution in [3.8, 4) is 0 Å². The van der Waals surface area contributed by atoms with E-state index < -0.39 is 0 Å². The number of hydrogen-bond acceptors (Lipinski definition) is 4. The Kier molecular flexibility index (Phi) is 4.78. The number of benzene rings is 1. The summed E-state index contributed by atoms with van der Waals surface area (Å²) in [5.74, 6) is 0.214. The lowest BCUT2D eigenvalue weighted by atomic mass is 9.90. The summed E-state index contributed by atoms with van der Waals surface area (Å²) in [7, 11) is 1.91. The molecule has 3 heterocycles. The Hall–Kier alpha value is -2.18. The molecule has 6 heteroatoms. The number of aryl methyl sites for hydroxylation is 1. The first-order valence-corrected chi connectivity index (χ1v) is 9.49. The average molecular weight is 353 g/mol. The number of amides is 1. The fraction of sp³-hybridized carbons (Fsp3) is 0.500. The number of fused-ring (bicyclic) bond motifs is 1. The second-order valence-corrected chi connectivity index (χ2v) is 7.46. The number of nitrogens with zero attached hydrogens (tertiary/aromatic N) is 3. The summed E-state index contributed by atoms with van der Waals surface area (Å²) in [6, 6.07) is 6.26. The van der Waals surface area contributed by atoms with Gasteiger partial charge in [0.2, 0.25) is 5.91 Å². The molecule has 0 aliphatic carbocycles. The van der Waals surface area contributed by atoms with Gasteiger partial charge in [-0.3, -0.25) is 14.4 Å². The predicted molar refractivity (Wildman–Crippen MR) is 102 cm³/mol. The van der Waals surface area contributed by atoms with Crippen LogP contribution >= 0.6 is 0 Å². The number of anilines is 1. The van der Waals surface area contributed by atoms with Crippen molar-refractivity contribution in [2.24, 2.45) is 13.0 Å². The number of aromatic nitrogens is 2. The van der Waals surface area contributed by atoms with E-state index in [0.717, 1.165) is 43.9 Å². The Labute approximate surface area is 154 Å². The van der Waals surface area contributed by atoms with Crippen LogP contribution in [-0.4, -0.2) is 40.2 Å². The molecule has 1 saturated heterocycles. The van der Waals surface area contributed by atoms with Crippen molar-refractivity contribution in [1.29, 1.82) is 0 Å². The molecular weight excluding hydrogens is 326 g/mol. The van der Waals surface area contributed by atoms with E-state index in [9.17, 15) is 4.79 Å². The van der Waals surface area contributed by atoms with E-state index >= 15 is 0 Å². The molecule has 26 heavy (non-hydrogen) atoms. The minimum atomic E-state index is -0.0665. The van der Waals surface area contributed by atoms with E-state index in [1.807, 2.05) is 25.5 Å². The smallest absolute Gasteiger partial charge is 0.229 e. The highest BCUT2D eigenvalue weighted by Gasteiger charge is 2.35. The fourth-order valence-corrected chi connectivity index (χ4v) is 4.24. The normalized spacial score (nSPS) is 22.5. The molecule has 2 aromatic rings. The number of nitrogens with one attached hydrogen (secondary N) is 2. The van der Waals surface area contributed by atoms with Crippen molar-refractivity contribution in [3.05, 3.63) is 47.3 Å². The molecule has 0 spiro atoms. The Morgan fingerprint density at radius 1 is 1.35 bits per heavy atom. The van der Waals surface area contributed by atoms with Crippen molar-refractivity contribution in [1.82, 2.24) is 20.0 Å². The van der Waals surface area contributed by atoms with Gasteiger partial charge in [0.25, 0.3) is 0 Å². The van der Waals surface area contributed by atoms with Crippen LogP contribution in [0.4, 0.5) is 5.69 Å². The Morgan fingerprint density at radius 2 is 2.23 bits per heavy atom. The zero-order chi connectivity index (χ0) is 18.1. The zero-order valence-corrected chi connectivity index (χ0v) is 15.5. The van der Waals surface area contributed by atoms with Gasteiger partial charge in [0, 0.05) is 51.0 Å². The van der Waals surface area contributed by atoms with Crippen molar-refractivity contribution in [2.45, 2.75) is 32.4 Å². The molecule has 2 aliphatic rings. The van der Waals surface area contributed by atoms with Crippen LogP contribution < -0.4 is 10.6 Å². The minimum Gasteiger partial charge on any atom is -0.325 e. The van der Waals surface area contributed by atoms with Crippen LogP contribution in [0.1, 0.15) is 36.0 Å². The molecule has 0 unspecified atom stereocenters. The molecule has 1 aromatic heterocycles. The molecule has 6 nitrogen and oxygen atoms in total. The van der Waals surface area contributed by atoms with E-state index in [1.165, 1.54) is 11.1 Å². The van der Waals surface area contributed by atoms with E-state index in [0.29, 0.717) is 6.54 Å². The molecular formula is C20H27N5O. The molecule has 1 aromatic carbocycles. The van der Waals surface area contributed by atoms with Gasteiger partial charge < -0.3 is 10.6 Å². The van der Waals surface area contributed by atoms with Gasteiger partial charge in [-0.2, -0.15) is 5.10 Å². The lowest BCUT2D eigenvalue weighted by Gasteiger charge is -2.18. The first kappa shape index (κ1) is 17.2. The SMILES string of the molecule is CCCN1Cc2cccc(NC(=O)[C@H]3CNC[C@@H]3c3cnn(C)c3)c2C1. The van der Waals surface area contributed by atoms with Gasteiger partial charge in [-0.15, -0.1) is 0 Å². The molecule has 138 valence electrons. The Balaban J connectivity index is 1.50. The summed E-state index contributed by atoms with van der Waals surface area (Å²) >= 11 is 0. The number of carbonyl (C=O) groups excluding carboxylic acids is 1. The maximum absolute atomic E-state index is 13.0. The summed E-state index contributed by atoms with van der Waals surface area (Å²) in [5.41, 5.74) is 4.72. The lowest BCUT2D eigenvalue weighted by Crippen LogP contribution is -2.28.